The number of fused-ring (bicyclic) bond motifs is 1. The second-order valence-corrected chi connectivity index (χ2v) is 11.7. The third-order valence-corrected chi connectivity index (χ3v) is 9.60. The zero-order valence-electron chi connectivity index (χ0n) is 23.8. The number of carbonyl (C=O) groups is 2. The van der Waals surface area contributed by atoms with Crippen molar-refractivity contribution < 1.29 is 18.7 Å². The van der Waals surface area contributed by atoms with Crippen LogP contribution in [0.3, 0.4) is 0 Å². The molecule has 6 rings (SSSR count). The summed E-state index contributed by atoms with van der Waals surface area (Å²) in [5, 5.41) is 0. The average molecular weight is 557 g/mol. The van der Waals surface area contributed by atoms with Crippen LogP contribution < -0.4 is 9.64 Å². The number of likely N-dealkylation sites (tertiary alicyclic amines) is 1. The van der Waals surface area contributed by atoms with Crippen LogP contribution in [0.2, 0.25) is 0 Å². The molecular weight excluding hydrogens is 519 g/mol. The Bertz CT molecular complexity index is 1430. The van der Waals surface area contributed by atoms with Crippen molar-refractivity contribution in [3.05, 3.63) is 89.0 Å². The number of hydrogen-bond donors (Lipinski definition) is 0. The predicted octanol–water partition coefficient (Wildman–Crippen LogP) is 5.51. The van der Waals surface area contributed by atoms with E-state index in [0.717, 1.165) is 75.8 Å². The van der Waals surface area contributed by atoms with Crippen LogP contribution in [0.25, 0.3) is 0 Å². The first-order chi connectivity index (χ1) is 19.9. The Kier molecular flexibility index (Phi) is 7.41. The van der Waals surface area contributed by atoms with E-state index >= 15 is 0 Å². The van der Waals surface area contributed by atoms with Gasteiger partial charge in [0.05, 0.1) is 18.7 Å². The first kappa shape index (κ1) is 27.2. The van der Waals surface area contributed by atoms with Gasteiger partial charge in [-0.15, -0.1) is 0 Å². The molecule has 8 heteroatoms. The van der Waals surface area contributed by atoms with E-state index in [1.807, 2.05) is 35.5 Å². The van der Waals surface area contributed by atoms with E-state index in [2.05, 4.69) is 22.0 Å². The first-order valence-electron chi connectivity index (χ1n) is 14.6. The molecule has 1 aromatic heterocycles. The summed E-state index contributed by atoms with van der Waals surface area (Å²) < 4.78 is 19.7. The van der Waals surface area contributed by atoms with Gasteiger partial charge >= 0.3 is 0 Å². The van der Waals surface area contributed by atoms with Crippen molar-refractivity contribution in [2.75, 3.05) is 45.2 Å². The molecule has 0 saturated carbocycles. The van der Waals surface area contributed by atoms with E-state index in [1.54, 1.807) is 18.0 Å². The maximum atomic E-state index is 14.7. The average Bonchev–Trinajstić information content (AvgIpc) is 3.44. The molecule has 1 atom stereocenters. The summed E-state index contributed by atoms with van der Waals surface area (Å²) in [7, 11) is 3.18. The lowest BCUT2D eigenvalue weighted by Gasteiger charge is -2.47. The fraction of sp³-hybridized carbons (Fsp3) is 0.424. The molecule has 2 aromatic carbocycles. The van der Waals surface area contributed by atoms with Gasteiger partial charge in [-0.3, -0.25) is 14.6 Å². The fourth-order valence-corrected chi connectivity index (χ4v) is 6.90. The second kappa shape index (κ2) is 11.1. The highest BCUT2D eigenvalue weighted by atomic mass is 19.1. The van der Waals surface area contributed by atoms with Gasteiger partial charge < -0.3 is 19.4 Å². The predicted molar refractivity (Wildman–Crippen MR) is 156 cm³/mol. The molecule has 1 aliphatic carbocycles. The number of nitrogens with zero attached hydrogens (tertiary/aromatic N) is 4. The van der Waals surface area contributed by atoms with Gasteiger partial charge in [0.25, 0.3) is 11.8 Å². The van der Waals surface area contributed by atoms with Crippen LogP contribution in [0.1, 0.15) is 70.0 Å². The number of piperidine rings is 2. The summed E-state index contributed by atoms with van der Waals surface area (Å²) in [5.41, 5.74) is 4.35. The van der Waals surface area contributed by atoms with Crippen LogP contribution in [-0.4, -0.2) is 66.9 Å². The molecule has 2 saturated heterocycles. The molecule has 2 amide bonds. The summed E-state index contributed by atoms with van der Waals surface area (Å²) >= 11 is 0. The molecule has 1 spiro atoms. The highest BCUT2D eigenvalue weighted by Crippen LogP contribution is 2.43. The van der Waals surface area contributed by atoms with E-state index in [1.165, 1.54) is 24.9 Å². The molecule has 2 fully saturated rings. The Labute approximate surface area is 240 Å². The number of ether oxygens (including phenoxy) is 1. The Hall–Kier alpha value is -3.94. The molecule has 1 unspecified atom stereocenters. The zero-order valence-corrected chi connectivity index (χ0v) is 23.8. The third kappa shape index (κ3) is 5.27. The maximum absolute atomic E-state index is 14.7. The summed E-state index contributed by atoms with van der Waals surface area (Å²) in [6.07, 6.45) is 9.61. The second-order valence-electron chi connectivity index (χ2n) is 11.7. The van der Waals surface area contributed by atoms with Gasteiger partial charge in [0.1, 0.15) is 11.6 Å². The lowest BCUT2D eigenvalue weighted by Crippen LogP contribution is -2.48. The van der Waals surface area contributed by atoms with E-state index in [9.17, 15) is 14.0 Å². The van der Waals surface area contributed by atoms with Crippen molar-refractivity contribution in [2.45, 2.75) is 44.6 Å². The number of methoxy groups -OCH3 is 1. The zero-order chi connectivity index (χ0) is 28.6. The van der Waals surface area contributed by atoms with Crippen molar-refractivity contribution in [1.29, 1.82) is 0 Å². The van der Waals surface area contributed by atoms with Gasteiger partial charge in [-0.25, -0.2) is 4.39 Å². The van der Waals surface area contributed by atoms with Gasteiger partial charge in [-0.05, 0) is 91.5 Å². The molecule has 0 bridgehead atoms. The van der Waals surface area contributed by atoms with Gasteiger partial charge in [0.2, 0.25) is 0 Å². The molecule has 0 radical (unpaired) electrons. The van der Waals surface area contributed by atoms with Crippen molar-refractivity contribution >= 4 is 17.5 Å². The fourth-order valence-electron chi connectivity index (χ4n) is 6.90. The van der Waals surface area contributed by atoms with E-state index in [-0.39, 0.29) is 23.4 Å². The van der Waals surface area contributed by atoms with Crippen molar-refractivity contribution in [2.24, 2.45) is 5.41 Å². The Balaban J connectivity index is 1.10. The molecule has 7 nitrogen and oxygen atoms in total. The van der Waals surface area contributed by atoms with Gasteiger partial charge in [0, 0.05) is 62.9 Å². The van der Waals surface area contributed by atoms with Crippen LogP contribution in [0.4, 0.5) is 10.1 Å². The molecule has 214 valence electrons. The van der Waals surface area contributed by atoms with Crippen LogP contribution in [0.5, 0.6) is 5.75 Å². The van der Waals surface area contributed by atoms with Crippen molar-refractivity contribution in [3.8, 4) is 5.75 Å². The number of aryl methyl sites for hydroxylation is 1. The minimum atomic E-state index is -0.603. The minimum Gasteiger partial charge on any atom is -0.497 e. The van der Waals surface area contributed by atoms with Gasteiger partial charge in [-0.1, -0.05) is 6.07 Å². The first-order valence-corrected chi connectivity index (χ1v) is 14.6. The normalized spacial score (nSPS) is 19.6. The third-order valence-electron chi connectivity index (χ3n) is 9.60. The van der Waals surface area contributed by atoms with Crippen molar-refractivity contribution in [3.63, 3.8) is 0 Å². The van der Waals surface area contributed by atoms with E-state index < -0.39 is 5.82 Å². The molecule has 41 heavy (non-hydrogen) atoms. The van der Waals surface area contributed by atoms with Gasteiger partial charge in [-0.2, -0.15) is 0 Å². The topological polar surface area (TPSA) is 66.0 Å². The molecular formula is C33H37FN4O3. The lowest BCUT2D eigenvalue weighted by atomic mass is 9.71. The smallest absolute Gasteiger partial charge is 0.257 e. The Morgan fingerprint density at radius 2 is 1.68 bits per heavy atom. The number of amides is 2. The molecule has 0 N–H and O–H groups in total. The number of pyridine rings is 1. The number of halogens is 1. The SMILES string of the molecule is COc1ccc(C(=O)N(C)C2CCc3ccc(C(=O)N4CCC5(CC4)CCN(c4ccncc4)CC5)cc32)c(F)c1. The summed E-state index contributed by atoms with van der Waals surface area (Å²) in [5.74, 6) is -0.557. The minimum absolute atomic E-state index is 0.0165. The van der Waals surface area contributed by atoms with Gasteiger partial charge in [0.15, 0.2) is 0 Å². The summed E-state index contributed by atoms with van der Waals surface area (Å²) in [6, 6.07) is 14.1. The summed E-state index contributed by atoms with van der Waals surface area (Å²) in [4.78, 5) is 37.0. The number of anilines is 1. The highest BCUT2D eigenvalue weighted by molar-refractivity contribution is 5.96. The number of hydrogen-bond acceptors (Lipinski definition) is 5. The Morgan fingerprint density at radius 3 is 2.37 bits per heavy atom. The molecule has 2 aliphatic heterocycles. The van der Waals surface area contributed by atoms with Crippen LogP contribution in [-0.2, 0) is 6.42 Å². The quantitative estimate of drug-likeness (QED) is 0.415. The number of rotatable bonds is 5. The van der Waals surface area contributed by atoms with E-state index in [4.69, 9.17) is 4.74 Å². The monoisotopic (exact) mass is 556 g/mol. The number of carbonyl (C=O) groups excluding carboxylic acids is 2. The molecule has 3 aliphatic rings. The van der Waals surface area contributed by atoms with Crippen molar-refractivity contribution in [1.82, 2.24) is 14.8 Å². The maximum Gasteiger partial charge on any atom is 0.257 e. The number of benzene rings is 2. The van der Waals surface area contributed by atoms with Crippen LogP contribution in [0.15, 0.2) is 60.9 Å². The number of aromatic nitrogens is 1. The van der Waals surface area contributed by atoms with Crippen LogP contribution in [0, 0.1) is 11.2 Å². The molecule has 3 heterocycles. The lowest BCUT2D eigenvalue weighted by molar-refractivity contribution is 0.0515. The highest BCUT2D eigenvalue weighted by Gasteiger charge is 2.39. The van der Waals surface area contributed by atoms with E-state index in [0.29, 0.717) is 16.7 Å². The largest absolute Gasteiger partial charge is 0.497 e. The van der Waals surface area contributed by atoms with Crippen LogP contribution >= 0.6 is 0 Å². The molecule has 3 aromatic rings. The Morgan fingerprint density at radius 1 is 0.976 bits per heavy atom. The summed E-state index contributed by atoms with van der Waals surface area (Å²) in [6.45, 7) is 3.61. The standard InChI is InChI=1S/C33H37FN4O3/c1-36(32(40)27-7-6-26(41-2)22-29(27)34)30-8-5-23-3-4-24(21-28(23)30)31(39)38-19-13-33(14-20-38)11-17-37(18-12-33)25-9-15-35-16-10-25/h3-4,6-7,9-10,15-16,21-22,30H,5,8,11-14,17-20H2,1-2H3.